The van der Waals surface area contributed by atoms with Gasteiger partial charge in [0.1, 0.15) is 0 Å². The lowest BCUT2D eigenvalue weighted by Crippen LogP contribution is -2.11. The van der Waals surface area contributed by atoms with Crippen LogP contribution in [0.2, 0.25) is 5.02 Å². The summed E-state index contributed by atoms with van der Waals surface area (Å²) in [5, 5.41) is 10.9. The summed E-state index contributed by atoms with van der Waals surface area (Å²) in [4.78, 5) is 39.4. The van der Waals surface area contributed by atoms with E-state index < -0.39 is 16.9 Å². The van der Waals surface area contributed by atoms with Crippen LogP contribution in [-0.2, 0) is 9.53 Å². The van der Waals surface area contributed by atoms with Gasteiger partial charge in [0.15, 0.2) is 17.2 Å². The number of hydrogen-bond acceptors (Lipinski definition) is 8. The molecule has 4 rings (SSSR count). The highest BCUT2D eigenvalue weighted by Gasteiger charge is 2.25. The number of nitro benzene ring substituents is 1. The first-order valence-corrected chi connectivity index (χ1v) is 10.6. The van der Waals surface area contributed by atoms with Crippen molar-refractivity contribution in [2.75, 3.05) is 7.11 Å². The minimum absolute atomic E-state index is 0.0120. The van der Waals surface area contributed by atoms with E-state index in [0.717, 1.165) is 5.56 Å². The number of nitrogens with zero attached hydrogens (tertiary/aromatic N) is 2. The lowest BCUT2D eigenvalue weighted by Gasteiger charge is -2.13. The summed E-state index contributed by atoms with van der Waals surface area (Å²) in [7, 11) is 1.39. The molecule has 1 aliphatic heterocycles. The number of benzene rings is 3. The number of methoxy groups -OCH3 is 1. The second-order valence-corrected chi connectivity index (χ2v) is 7.79. The number of aryl methyl sites for hydroxylation is 1. The third-order valence-electron chi connectivity index (χ3n) is 5.06. The third-order valence-corrected chi connectivity index (χ3v) is 5.34. The topological polar surface area (TPSA) is 117 Å². The molecule has 0 radical (unpaired) electrons. The van der Waals surface area contributed by atoms with Crippen molar-refractivity contribution in [1.82, 2.24) is 0 Å². The maximum absolute atomic E-state index is 12.6. The number of carbonyl (C=O) groups excluding carboxylic acids is 2. The molecule has 3 aromatic carbocycles. The molecule has 0 saturated heterocycles. The number of rotatable bonds is 6. The predicted molar refractivity (Wildman–Crippen MR) is 128 cm³/mol. The smallest absolute Gasteiger partial charge is 0.363 e. The fourth-order valence-corrected chi connectivity index (χ4v) is 3.55. The predicted octanol–water partition coefficient (Wildman–Crippen LogP) is 5.13. The summed E-state index contributed by atoms with van der Waals surface area (Å²) >= 11 is 6.38. The molecule has 3 aromatic rings. The quantitative estimate of drug-likeness (QED) is 0.154. The van der Waals surface area contributed by atoms with E-state index in [0.29, 0.717) is 16.7 Å². The Bertz CT molecular complexity index is 1410. The lowest BCUT2D eigenvalue weighted by molar-refractivity contribution is -0.384. The summed E-state index contributed by atoms with van der Waals surface area (Å²) in [6, 6.07) is 15.4. The van der Waals surface area contributed by atoms with E-state index in [9.17, 15) is 19.7 Å². The van der Waals surface area contributed by atoms with Crippen molar-refractivity contribution in [3.05, 3.63) is 104 Å². The van der Waals surface area contributed by atoms with Gasteiger partial charge in [-0.3, -0.25) is 10.1 Å². The molecular formula is C25H17ClN2O7. The number of aliphatic imine (C=N–C) groups is 1. The van der Waals surface area contributed by atoms with Crippen LogP contribution < -0.4 is 9.47 Å². The van der Waals surface area contributed by atoms with E-state index in [1.54, 1.807) is 25.1 Å². The van der Waals surface area contributed by atoms with E-state index in [1.165, 1.54) is 49.6 Å². The van der Waals surface area contributed by atoms with Crippen LogP contribution in [0.15, 0.2) is 71.4 Å². The molecule has 9 nitrogen and oxygen atoms in total. The van der Waals surface area contributed by atoms with E-state index in [-0.39, 0.29) is 33.8 Å². The van der Waals surface area contributed by atoms with Crippen LogP contribution in [0.3, 0.4) is 0 Å². The van der Waals surface area contributed by atoms with Crippen molar-refractivity contribution < 1.29 is 28.7 Å². The summed E-state index contributed by atoms with van der Waals surface area (Å²) in [6.45, 7) is 1.79. The van der Waals surface area contributed by atoms with Crippen LogP contribution in [0.5, 0.6) is 11.5 Å². The van der Waals surface area contributed by atoms with Gasteiger partial charge in [-0.2, -0.15) is 0 Å². The van der Waals surface area contributed by atoms with Gasteiger partial charge >= 0.3 is 11.9 Å². The number of nitro groups is 1. The van der Waals surface area contributed by atoms with Gasteiger partial charge in [-0.15, -0.1) is 0 Å². The number of ether oxygens (including phenoxy) is 3. The first-order valence-electron chi connectivity index (χ1n) is 10.2. The SMILES string of the molecule is COc1cc(/C=C2\N=C(c3ccc([N+](=O)[O-])cc3)OC2=O)cc(Cl)c1OC(=O)c1ccccc1C. The lowest BCUT2D eigenvalue weighted by atomic mass is 10.1. The second-order valence-electron chi connectivity index (χ2n) is 7.38. The number of esters is 2. The summed E-state index contributed by atoms with van der Waals surface area (Å²) in [5.41, 5.74) is 1.87. The first-order chi connectivity index (χ1) is 16.8. The summed E-state index contributed by atoms with van der Waals surface area (Å²) in [6.07, 6.45) is 1.43. The zero-order valence-electron chi connectivity index (χ0n) is 18.5. The second kappa shape index (κ2) is 9.78. The summed E-state index contributed by atoms with van der Waals surface area (Å²) in [5.74, 6) is -1.07. The van der Waals surface area contributed by atoms with Gasteiger partial charge in [0.2, 0.25) is 5.90 Å². The Hall–Kier alpha value is -4.50. The molecule has 0 bridgehead atoms. The number of halogens is 1. The van der Waals surface area contributed by atoms with Crippen molar-refractivity contribution >= 4 is 41.2 Å². The van der Waals surface area contributed by atoms with Crippen LogP contribution in [0.1, 0.15) is 27.0 Å². The Morgan fingerprint density at radius 2 is 1.86 bits per heavy atom. The molecule has 0 atom stereocenters. The molecule has 0 fully saturated rings. The minimum atomic E-state index is -0.705. The Balaban J connectivity index is 1.61. The standard InChI is InChI=1S/C25H17ClN2O7/c1-14-5-3-4-6-18(14)24(29)34-22-19(26)11-15(13-21(22)33-2)12-20-25(30)35-23(27-20)16-7-9-17(10-8-16)28(31)32/h3-13H,1-2H3/b20-12-. The van der Waals surface area contributed by atoms with E-state index in [2.05, 4.69) is 4.99 Å². The monoisotopic (exact) mass is 492 g/mol. The average Bonchev–Trinajstić information content (AvgIpc) is 3.20. The molecule has 35 heavy (non-hydrogen) atoms. The van der Waals surface area contributed by atoms with Crippen molar-refractivity contribution in [2.45, 2.75) is 6.92 Å². The van der Waals surface area contributed by atoms with Crippen molar-refractivity contribution in [1.29, 1.82) is 0 Å². The van der Waals surface area contributed by atoms with Crippen molar-refractivity contribution in [3.63, 3.8) is 0 Å². The largest absolute Gasteiger partial charge is 0.493 e. The van der Waals surface area contributed by atoms with E-state index >= 15 is 0 Å². The highest BCUT2D eigenvalue weighted by atomic mass is 35.5. The Morgan fingerprint density at radius 3 is 2.51 bits per heavy atom. The summed E-state index contributed by atoms with van der Waals surface area (Å²) < 4.78 is 16.0. The Morgan fingerprint density at radius 1 is 1.14 bits per heavy atom. The highest BCUT2D eigenvalue weighted by molar-refractivity contribution is 6.32. The van der Waals surface area contributed by atoms with Crippen LogP contribution in [0.25, 0.3) is 6.08 Å². The zero-order chi connectivity index (χ0) is 25.1. The number of carbonyl (C=O) groups is 2. The van der Waals surface area contributed by atoms with Crippen molar-refractivity contribution in [3.8, 4) is 11.5 Å². The highest BCUT2D eigenvalue weighted by Crippen LogP contribution is 2.38. The van der Waals surface area contributed by atoms with Gasteiger partial charge in [0.05, 0.1) is 22.6 Å². The van der Waals surface area contributed by atoms with E-state index in [4.69, 9.17) is 25.8 Å². The Labute approximate surface area is 204 Å². The van der Waals surface area contributed by atoms with Gasteiger partial charge in [-0.1, -0.05) is 29.8 Å². The molecular weight excluding hydrogens is 476 g/mol. The molecule has 0 saturated carbocycles. The molecule has 1 heterocycles. The fraction of sp³-hybridized carbons (Fsp3) is 0.0800. The van der Waals surface area contributed by atoms with E-state index in [1.807, 2.05) is 6.07 Å². The molecule has 0 N–H and O–H groups in total. The van der Waals surface area contributed by atoms with Gasteiger partial charge in [0, 0.05) is 17.7 Å². The van der Waals surface area contributed by atoms with Gasteiger partial charge in [0.25, 0.3) is 5.69 Å². The van der Waals surface area contributed by atoms with Crippen LogP contribution >= 0.6 is 11.6 Å². The normalized spacial score (nSPS) is 13.9. The number of non-ortho nitro benzene ring substituents is 1. The first kappa shape index (κ1) is 23.7. The average molecular weight is 493 g/mol. The fourth-order valence-electron chi connectivity index (χ4n) is 3.29. The maximum Gasteiger partial charge on any atom is 0.363 e. The van der Waals surface area contributed by atoms with Crippen LogP contribution in [0, 0.1) is 17.0 Å². The molecule has 0 amide bonds. The van der Waals surface area contributed by atoms with Crippen LogP contribution in [0.4, 0.5) is 5.69 Å². The third kappa shape index (κ3) is 5.04. The molecule has 0 unspecified atom stereocenters. The molecule has 0 spiro atoms. The number of hydrogen-bond donors (Lipinski definition) is 0. The Kier molecular flexibility index (Phi) is 6.61. The van der Waals surface area contributed by atoms with Gasteiger partial charge < -0.3 is 14.2 Å². The van der Waals surface area contributed by atoms with Gasteiger partial charge in [-0.05, 0) is 54.5 Å². The molecule has 10 heteroatoms. The van der Waals surface area contributed by atoms with Crippen LogP contribution in [-0.4, -0.2) is 29.9 Å². The molecule has 0 aromatic heterocycles. The molecule has 0 aliphatic carbocycles. The van der Waals surface area contributed by atoms with Gasteiger partial charge in [-0.25, -0.2) is 14.6 Å². The maximum atomic E-state index is 12.6. The molecule has 1 aliphatic rings. The minimum Gasteiger partial charge on any atom is -0.493 e. The molecule has 176 valence electrons. The zero-order valence-corrected chi connectivity index (χ0v) is 19.2. The van der Waals surface area contributed by atoms with Crippen molar-refractivity contribution in [2.24, 2.45) is 4.99 Å². The number of cyclic esters (lactones) is 1.